The van der Waals surface area contributed by atoms with Crippen molar-refractivity contribution < 1.29 is 24.2 Å². The zero-order valence-electron chi connectivity index (χ0n) is 13.1. The van der Waals surface area contributed by atoms with Crippen molar-refractivity contribution >= 4 is 28.6 Å². The molecule has 1 atom stereocenters. The van der Waals surface area contributed by atoms with Crippen LogP contribution in [0.2, 0.25) is 0 Å². The fourth-order valence-electron chi connectivity index (χ4n) is 2.26. The Hall–Kier alpha value is -2.93. The van der Waals surface area contributed by atoms with Crippen LogP contribution in [0.3, 0.4) is 0 Å². The zero-order chi connectivity index (χ0) is 17.7. The zero-order valence-corrected chi connectivity index (χ0v) is 13.1. The average Bonchev–Trinajstić information content (AvgIpc) is 2.58. The van der Waals surface area contributed by atoms with E-state index in [1.165, 1.54) is 13.2 Å². The van der Waals surface area contributed by atoms with Crippen LogP contribution >= 0.6 is 0 Å². The van der Waals surface area contributed by atoms with Crippen LogP contribution in [-0.4, -0.2) is 36.0 Å². The van der Waals surface area contributed by atoms with Crippen LogP contribution in [0.5, 0.6) is 5.75 Å². The Kier molecular flexibility index (Phi) is 5.49. The maximum absolute atomic E-state index is 12.3. The van der Waals surface area contributed by atoms with E-state index in [9.17, 15) is 14.4 Å². The first-order valence-corrected chi connectivity index (χ1v) is 7.31. The molecule has 0 radical (unpaired) electrons. The molecular weight excluding hydrogens is 312 g/mol. The Morgan fingerprint density at radius 2 is 1.96 bits per heavy atom. The summed E-state index contributed by atoms with van der Waals surface area (Å²) in [7, 11) is 1.50. The fraction of sp³-hybridized carbons (Fsp3) is 0.235. The second-order valence-corrected chi connectivity index (χ2v) is 5.26. The first-order valence-electron chi connectivity index (χ1n) is 7.31. The minimum absolute atomic E-state index is 0.0461. The van der Waals surface area contributed by atoms with Crippen molar-refractivity contribution in [1.29, 1.82) is 0 Å². The SMILES string of the molecule is COc1cc(C(=O)NC(=O)[C@@H](N)CCC(=O)O)cc2ccccc12. The summed E-state index contributed by atoms with van der Waals surface area (Å²) in [5.41, 5.74) is 5.84. The molecule has 0 heterocycles. The summed E-state index contributed by atoms with van der Waals surface area (Å²) in [6.45, 7) is 0. The summed E-state index contributed by atoms with van der Waals surface area (Å²) in [6.07, 6.45) is -0.290. The number of nitrogens with two attached hydrogens (primary N) is 1. The Labute approximate surface area is 138 Å². The fourth-order valence-corrected chi connectivity index (χ4v) is 2.26. The van der Waals surface area contributed by atoms with E-state index in [1.807, 2.05) is 24.3 Å². The van der Waals surface area contributed by atoms with Gasteiger partial charge in [0.05, 0.1) is 13.2 Å². The molecule has 0 saturated carbocycles. The van der Waals surface area contributed by atoms with E-state index >= 15 is 0 Å². The van der Waals surface area contributed by atoms with E-state index in [1.54, 1.807) is 6.07 Å². The minimum Gasteiger partial charge on any atom is -0.496 e. The number of ether oxygens (including phenoxy) is 1. The lowest BCUT2D eigenvalue weighted by molar-refractivity contribution is -0.137. The van der Waals surface area contributed by atoms with Crippen LogP contribution in [0, 0.1) is 0 Å². The third kappa shape index (κ3) is 4.08. The van der Waals surface area contributed by atoms with Crippen molar-refractivity contribution in [2.45, 2.75) is 18.9 Å². The molecular formula is C17H18N2O5. The number of nitrogens with one attached hydrogen (secondary N) is 1. The van der Waals surface area contributed by atoms with E-state index in [2.05, 4.69) is 5.32 Å². The summed E-state index contributed by atoms with van der Waals surface area (Å²) < 4.78 is 5.28. The predicted octanol–water partition coefficient (Wildman–Crippen LogP) is 1.30. The van der Waals surface area contributed by atoms with Crippen LogP contribution in [-0.2, 0) is 9.59 Å². The van der Waals surface area contributed by atoms with Gasteiger partial charge >= 0.3 is 5.97 Å². The van der Waals surface area contributed by atoms with Crippen molar-refractivity contribution in [3.63, 3.8) is 0 Å². The predicted molar refractivity (Wildman–Crippen MR) is 87.8 cm³/mol. The molecule has 0 bridgehead atoms. The second-order valence-electron chi connectivity index (χ2n) is 5.26. The van der Waals surface area contributed by atoms with Gasteiger partial charge in [-0.2, -0.15) is 0 Å². The van der Waals surface area contributed by atoms with Gasteiger partial charge in [0.15, 0.2) is 0 Å². The number of carboxylic acids is 1. The Bertz CT molecular complexity index is 788. The smallest absolute Gasteiger partial charge is 0.303 e. The molecule has 2 rings (SSSR count). The van der Waals surface area contributed by atoms with Crippen LogP contribution in [0.15, 0.2) is 36.4 Å². The van der Waals surface area contributed by atoms with Crippen LogP contribution in [0.1, 0.15) is 23.2 Å². The number of rotatable bonds is 6. The maximum Gasteiger partial charge on any atom is 0.303 e. The summed E-state index contributed by atoms with van der Waals surface area (Å²) >= 11 is 0. The molecule has 0 fully saturated rings. The normalized spacial score (nSPS) is 11.8. The van der Waals surface area contributed by atoms with E-state index in [4.69, 9.17) is 15.6 Å². The molecule has 0 unspecified atom stereocenters. The Morgan fingerprint density at radius 1 is 1.25 bits per heavy atom. The second kappa shape index (κ2) is 7.56. The number of aliphatic carboxylic acids is 1. The Morgan fingerprint density at radius 3 is 2.62 bits per heavy atom. The molecule has 7 nitrogen and oxygen atoms in total. The largest absolute Gasteiger partial charge is 0.496 e. The first kappa shape index (κ1) is 17.4. The molecule has 4 N–H and O–H groups in total. The van der Waals surface area contributed by atoms with Gasteiger partial charge in [0, 0.05) is 17.4 Å². The highest BCUT2D eigenvalue weighted by Gasteiger charge is 2.19. The molecule has 24 heavy (non-hydrogen) atoms. The van der Waals surface area contributed by atoms with E-state index in [0.29, 0.717) is 5.75 Å². The van der Waals surface area contributed by atoms with Gasteiger partial charge in [-0.1, -0.05) is 24.3 Å². The first-order chi connectivity index (χ1) is 11.4. The van der Waals surface area contributed by atoms with E-state index < -0.39 is 23.8 Å². The minimum atomic E-state index is -1.06. The van der Waals surface area contributed by atoms with Crippen molar-refractivity contribution in [3.05, 3.63) is 42.0 Å². The van der Waals surface area contributed by atoms with Crippen LogP contribution in [0.4, 0.5) is 0 Å². The number of benzene rings is 2. The summed E-state index contributed by atoms with van der Waals surface area (Å²) in [5.74, 6) is -1.87. The monoisotopic (exact) mass is 330 g/mol. The molecule has 0 spiro atoms. The summed E-state index contributed by atoms with van der Waals surface area (Å²) in [6, 6.07) is 9.49. The van der Waals surface area contributed by atoms with Gasteiger partial charge in [-0.05, 0) is 23.9 Å². The molecule has 2 aromatic rings. The summed E-state index contributed by atoms with van der Waals surface area (Å²) in [4.78, 5) is 34.6. The van der Waals surface area contributed by atoms with Gasteiger partial charge in [0.2, 0.25) is 5.91 Å². The molecule has 7 heteroatoms. The van der Waals surface area contributed by atoms with Crippen molar-refractivity contribution in [2.75, 3.05) is 7.11 Å². The average molecular weight is 330 g/mol. The van der Waals surface area contributed by atoms with Crippen LogP contribution in [0.25, 0.3) is 10.8 Å². The molecule has 0 aliphatic heterocycles. The van der Waals surface area contributed by atoms with E-state index in [0.717, 1.165) is 10.8 Å². The van der Waals surface area contributed by atoms with Gasteiger partial charge in [-0.3, -0.25) is 19.7 Å². The molecule has 126 valence electrons. The number of amides is 2. The van der Waals surface area contributed by atoms with E-state index in [-0.39, 0.29) is 18.4 Å². The third-order valence-electron chi connectivity index (χ3n) is 3.55. The molecule has 0 aliphatic rings. The third-order valence-corrected chi connectivity index (χ3v) is 3.55. The highest BCUT2D eigenvalue weighted by Crippen LogP contribution is 2.27. The molecule has 0 aromatic heterocycles. The lowest BCUT2D eigenvalue weighted by Crippen LogP contribution is -2.43. The van der Waals surface area contributed by atoms with Gasteiger partial charge in [0.1, 0.15) is 5.75 Å². The van der Waals surface area contributed by atoms with Gasteiger partial charge in [0.25, 0.3) is 5.91 Å². The molecule has 0 saturated heterocycles. The molecule has 0 aliphatic carbocycles. The summed E-state index contributed by atoms with van der Waals surface area (Å²) in [5, 5.41) is 12.4. The maximum atomic E-state index is 12.3. The highest BCUT2D eigenvalue weighted by molar-refractivity contribution is 6.08. The molecule has 2 aromatic carbocycles. The number of methoxy groups -OCH3 is 1. The standard InChI is InChI=1S/C17H18N2O5/c1-24-14-9-11(8-10-4-2-3-5-12(10)14)16(22)19-17(23)13(18)6-7-15(20)21/h2-5,8-9,13H,6-7,18H2,1H3,(H,20,21)(H,19,22,23)/t13-/m0/s1. The van der Waals surface area contributed by atoms with Gasteiger partial charge in [-0.25, -0.2) is 0 Å². The van der Waals surface area contributed by atoms with Gasteiger partial charge < -0.3 is 15.6 Å². The number of fused-ring (bicyclic) bond motifs is 1. The number of carboxylic acid groups (broad SMARTS) is 1. The number of imide groups is 1. The number of carbonyl (C=O) groups is 3. The molecule has 2 amide bonds. The highest BCUT2D eigenvalue weighted by atomic mass is 16.5. The topological polar surface area (TPSA) is 119 Å². The van der Waals surface area contributed by atoms with Crippen molar-refractivity contribution in [1.82, 2.24) is 5.32 Å². The lowest BCUT2D eigenvalue weighted by Gasteiger charge is -2.12. The van der Waals surface area contributed by atoms with Crippen molar-refractivity contribution in [2.24, 2.45) is 5.73 Å². The number of carbonyl (C=O) groups excluding carboxylic acids is 2. The van der Waals surface area contributed by atoms with Gasteiger partial charge in [-0.15, -0.1) is 0 Å². The van der Waals surface area contributed by atoms with Crippen molar-refractivity contribution in [3.8, 4) is 5.75 Å². The lowest BCUT2D eigenvalue weighted by atomic mass is 10.0. The van der Waals surface area contributed by atoms with Crippen LogP contribution < -0.4 is 15.8 Å². The Balaban J connectivity index is 2.16. The number of hydrogen-bond donors (Lipinski definition) is 3. The quantitative estimate of drug-likeness (QED) is 0.734. The number of hydrogen-bond acceptors (Lipinski definition) is 5.